The predicted molar refractivity (Wildman–Crippen MR) is 92.2 cm³/mol. The molecular formula is C17H12ClIO. The van der Waals surface area contributed by atoms with Crippen LogP contribution < -0.4 is 0 Å². The molecule has 3 heteroatoms. The summed E-state index contributed by atoms with van der Waals surface area (Å²) >= 11 is 8.47. The molecule has 3 aromatic rings. The lowest BCUT2D eigenvalue weighted by Gasteiger charge is -2.16. The maximum atomic E-state index is 10.7. The average Bonchev–Trinajstić information content (AvgIpc) is 2.48. The van der Waals surface area contributed by atoms with E-state index >= 15 is 0 Å². The van der Waals surface area contributed by atoms with E-state index in [-0.39, 0.29) is 0 Å². The molecule has 0 aromatic heterocycles. The Morgan fingerprint density at radius 3 is 2.20 bits per heavy atom. The second kappa shape index (κ2) is 5.72. The lowest BCUT2D eigenvalue weighted by Crippen LogP contribution is -2.02. The first-order valence-electron chi connectivity index (χ1n) is 6.28. The fourth-order valence-electron chi connectivity index (χ4n) is 2.39. The van der Waals surface area contributed by atoms with E-state index in [2.05, 4.69) is 22.6 Å². The molecule has 0 aliphatic rings. The molecule has 0 fully saturated rings. The Morgan fingerprint density at radius 2 is 1.45 bits per heavy atom. The highest BCUT2D eigenvalue weighted by molar-refractivity contribution is 14.1. The molecule has 0 heterocycles. The number of hydrogen-bond donors (Lipinski definition) is 1. The second-order valence-electron chi connectivity index (χ2n) is 4.61. The van der Waals surface area contributed by atoms with Gasteiger partial charge in [-0.25, -0.2) is 0 Å². The average molecular weight is 395 g/mol. The third-order valence-electron chi connectivity index (χ3n) is 3.40. The largest absolute Gasteiger partial charge is 0.384 e. The quantitative estimate of drug-likeness (QED) is 0.594. The van der Waals surface area contributed by atoms with Gasteiger partial charge in [-0.2, -0.15) is 0 Å². The Morgan fingerprint density at radius 1 is 0.800 bits per heavy atom. The fraction of sp³-hybridized carbons (Fsp3) is 0.0588. The summed E-state index contributed by atoms with van der Waals surface area (Å²) in [6, 6.07) is 19.5. The van der Waals surface area contributed by atoms with Gasteiger partial charge in [0.05, 0.1) is 0 Å². The highest BCUT2D eigenvalue weighted by Crippen LogP contribution is 2.34. The van der Waals surface area contributed by atoms with Gasteiger partial charge in [0.15, 0.2) is 0 Å². The Balaban J connectivity index is 2.20. The molecule has 0 amide bonds. The van der Waals surface area contributed by atoms with Crippen molar-refractivity contribution in [3.05, 3.63) is 80.4 Å². The Hall–Kier alpha value is -1.10. The number of aliphatic hydroxyl groups is 1. The highest BCUT2D eigenvalue weighted by atomic mass is 127. The standard InChI is InChI=1S/C17H12ClIO/c18-15-10-9-13(11-5-1-2-6-12(11)15)17(20)14-7-3-4-8-16(14)19/h1-10,17,20H. The maximum absolute atomic E-state index is 10.7. The first-order valence-corrected chi connectivity index (χ1v) is 7.74. The first-order chi connectivity index (χ1) is 9.68. The molecule has 1 atom stereocenters. The van der Waals surface area contributed by atoms with Crippen molar-refractivity contribution in [1.82, 2.24) is 0 Å². The molecule has 1 nitrogen and oxygen atoms in total. The van der Waals surface area contributed by atoms with Crippen molar-refractivity contribution in [2.24, 2.45) is 0 Å². The van der Waals surface area contributed by atoms with Gasteiger partial charge < -0.3 is 5.11 Å². The number of hydrogen-bond acceptors (Lipinski definition) is 1. The van der Waals surface area contributed by atoms with Crippen LogP contribution in [0.25, 0.3) is 10.8 Å². The van der Waals surface area contributed by atoms with Crippen molar-refractivity contribution in [1.29, 1.82) is 0 Å². The summed E-state index contributed by atoms with van der Waals surface area (Å²) in [4.78, 5) is 0. The molecule has 3 rings (SSSR count). The molecule has 1 N–H and O–H groups in total. The molecular weight excluding hydrogens is 383 g/mol. The van der Waals surface area contributed by atoms with E-state index in [9.17, 15) is 5.11 Å². The minimum Gasteiger partial charge on any atom is -0.384 e. The van der Waals surface area contributed by atoms with E-state index in [1.807, 2.05) is 60.7 Å². The number of fused-ring (bicyclic) bond motifs is 1. The van der Waals surface area contributed by atoms with Crippen LogP contribution >= 0.6 is 34.2 Å². The molecule has 3 aromatic carbocycles. The summed E-state index contributed by atoms with van der Waals surface area (Å²) in [5.74, 6) is 0. The van der Waals surface area contributed by atoms with Crippen molar-refractivity contribution in [2.45, 2.75) is 6.10 Å². The predicted octanol–water partition coefficient (Wildman–Crippen LogP) is 5.18. The molecule has 20 heavy (non-hydrogen) atoms. The third-order valence-corrected chi connectivity index (χ3v) is 4.71. The minimum absolute atomic E-state index is 0.648. The lowest BCUT2D eigenvalue weighted by molar-refractivity contribution is 0.221. The Labute approximate surface area is 136 Å². The van der Waals surface area contributed by atoms with Gasteiger partial charge in [-0.3, -0.25) is 0 Å². The third kappa shape index (κ3) is 2.43. The van der Waals surface area contributed by atoms with Gasteiger partial charge in [0.1, 0.15) is 6.10 Å². The summed E-state index contributed by atoms with van der Waals surface area (Å²) < 4.78 is 1.05. The molecule has 0 spiro atoms. The number of rotatable bonds is 2. The van der Waals surface area contributed by atoms with Gasteiger partial charge in [-0.15, -0.1) is 0 Å². The van der Waals surface area contributed by atoms with E-state index in [0.29, 0.717) is 5.02 Å². The van der Waals surface area contributed by atoms with Gasteiger partial charge in [0.2, 0.25) is 0 Å². The summed E-state index contributed by atoms with van der Waals surface area (Å²) in [6.45, 7) is 0. The molecule has 0 saturated heterocycles. The zero-order valence-corrected chi connectivity index (χ0v) is 13.5. The van der Waals surface area contributed by atoms with Crippen LogP contribution in [0.5, 0.6) is 0 Å². The van der Waals surface area contributed by atoms with E-state index < -0.39 is 6.10 Å². The van der Waals surface area contributed by atoms with E-state index in [0.717, 1.165) is 25.5 Å². The summed E-state index contributed by atoms with van der Waals surface area (Å²) in [5.41, 5.74) is 1.80. The molecule has 1 unspecified atom stereocenters. The number of halogens is 2. The molecule has 100 valence electrons. The van der Waals surface area contributed by atoms with Gasteiger partial charge in [-0.1, -0.05) is 60.1 Å². The van der Waals surface area contributed by atoms with Gasteiger partial charge in [0.25, 0.3) is 0 Å². The van der Waals surface area contributed by atoms with Crippen LogP contribution in [-0.2, 0) is 0 Å². The highest BCUT2D eigenvalue weighted by Gasteiger charge is 2.16. The van der Waals surface area contributed by atoms with Gasteiger partial charge in [-0.05, 0) is 51.2 Å². The maximum Gasteiger partial charge on any atom is 0.106 e. The Bertz CT molecular complexity index is 770. The van der Waals surface area contributed by atoms with Gasteiger partial charge in [0, 0.05) is 14.0 Å². The van der Waals surface area contributed by atoms with Crippen molar-refractivity contribution >= 4 is 45.0 Å². The number of aliphatic hydroxyl groups excluding tert-OH is 1. The summed E-state index contributed by atoms with van der Waals surface area (Å²) in [7, 11) is 0. The summed E-state index contributed by atoms with van der Waals surface area (Å²) in [6.07, 6.45) is -0.648. The monoisotopic (exact) mass is 394 g/mol. The topological polar surface area (TPSA) is 20.2 Å². The van der Waals surface area contributed by atoms with Crippen LogP contribution in [0.3, 0.4) is 0 Å². The normalized spacial score (nSPS) is 12.6. The Kier molecular flexibility index (Phi) is 3.96. The van der Waals surface area contributed by atoms with Crippen LogP contribution in [-0.4, -0.2) is 5.11 Å². The van der Waals surface area contributed by atoms with Crippen molar-refractivity contribution in [3.63, 3.8) is 0 Å². The molecule has 0 aliphatic carbocycles. The molecule has 0 radical (unpaired) electrons. The van der Waals surface area contributed by atoms with E-state index in [1.165, 1.54) is 0 Å². The van der Waals surface area contributed by atoms with Crippen LogP contribution in [0.2, 0.25) is 5.02 Å². The van der Waals surface area contributed by atoms with E-state index in [1.54, 1.807) is 0 Å². The van der Waals surface area contributed by atoms with Crippen LogP contribution in [0.4, 0.5) is 0 Å². The van der Waals surface area contributed by atoms with E-state index in [4.69, 9.17) is 11.6 Å². The zero-order valence-electron chi connectivity index (χ0n) is 10.6. The van der Waals surface area contributed by atoms with Crippen molar-refractivity contribution in [3.8, 4) is 0 Å². The number of benzene rings is 3. The van der Waals surface area contributed by atoms with Crippen LogP contribution in [0.15, 0.2) is 60.7 Å². The molecule has 0 aliphatic heterocycles. The first kappa shape index (κ1) is 13.9. The van der Waals surface area contributed by atoms with Crippen LogP contribution in [0.1, 0.15) is 17.2 Å². The SMILES string of the molecule is OC(c1ccccc1I)c1ccc(Cl)c2ccccc12. The zero-order chi connectivity index (χ0) is 14.1. The van der Waals surface area contributed by atoms with Gasteiger partial charge >= 0.3 is 0 Å². The summed E-state index contributed by atoms with van der Waals surface area (Å²) in [5, 5.41) is 13.4. The van der Waals surface area contributed by atoms with Crippen molar-refractivity contribution < 1.29 is 5.11 Å². The molecule has 0 bridgehead atoms. The van der Waals surface area contributed by atoms with Crippen molar-refractivity contribution in [2.75, 3.05) is 0 Å². The second-order valence-corrected chi connectivity index (χ2v) is 6.18. The minimum atomic E-state index is -0.648. The smallest absolute Gasteiger partial charge is 0.106 e. The lowest BCUT2D eigenvalue weighted by atomic mass is 9.96. The van der Waals surface area contributed by atoms with Crippen LogP contribution in [0, 0.1) is 3.57 Å². The fourth-order valence-corrected chi connectivity index (χ4v) is 3.30. The molecule has 0 saturated carbocycles.